The molecule has 1 saturated heterocycles. The minimum Gasteiger partial charge on any atom is -0.468 e. The Morgan fingerprint density at radius 3 is 3.19 bits per heavy atom. The first-order valence-corrected chi connectivity index (χ1v) is 6.87. The molecule has 0 aromatic carbocycles. The van der Waals surface area contributed by atoms with Crippen LogP contribution in [0.5, 0.6) is 0 Å². The number of anilines is 1. The molecule has 1 aromatic heterocycles. The molecule has 0 aliphatic carbocycles. The van der Waals surface area contributed by atoms with E-state index < -0.39 is 11.5 Å². The van der Waals surface area contributed by atoms with Crippen LogP contribution in [0.25, 0.3) is 0 Å². The van der Waals surface area contributed by atoms with Crippen LogP contribution in [-0.2, 0) is 20.8 Å². The van der Waals surface area contributed by atoms with Gasteiger partial charge >= 0.3 is 5.97 Å². The van der Waals surface area contributed by atoms with E-state index in [-0.39, 0.29) is 17.6 Å². The summed E-state index contributed by atoms with van der Waals surface area (Å²) in [5, 5.41) is 10.2. The average molecular weight is 317 g/mol. The Labute approximate surface area is 126 Å². The van der Waals surface area contributed by atoms with Gasteiger partial charge in [0.1, 0.15) is 11.6 Å². The second kappa shape index (κ2) is 7.39. The van der Waals surface area contributed by atoms with Crippen molar-refractivity contribution in [2.24, 2.45) is 0 Å². The number of methoxy groups -OCH3 is 1. The van der Waals surface area contributed by atoms with E-state index in [4.69, 9.17) is 16.3 Å². The van der Waals surface area contributed by atoms with Crippen LogP contribution >= 0.6 is 11.6 Å². The van der Waals surface area contributed by atoms with E-state index in [9.17, 15) is 9.59 Å². The van der Waals surface area contributed by atoms with E-state index in [0.717, 1.165) is 11.2 Å². The molecular formula is C12H17ClN4O4. The highest BCUT2D eigenvalue weighted by Crippen LogP contribution is 2.15. The Balaban J connectivity index is 2.02. The molecule has 21 heavy (non-hydrogen) atoms. The van der Waals surface area contributed by atoms with E-state index in [1.807, 2.05) is 0 Å². The van der Waals surface area contributed by atoms with Crippen LogP contribution in [-0.4, -0.2) is 55.2 Å². The molecule has 2 rings (SSSR count). The van der Waals surface area contributed by atoms with Crippen molar-refractivity contribution in [2.45, 2.75) is 12.6 Å². The molecule has 0 amide bonds. The van der Waals surface area contributed by atoms with Crippen molar-refractivity contribution in [1.82, 2.24) is 15.1 Å². The van der Waals surface area contributed by atoms with Gasteiger partial charge < -0.3 is 20.1 Å². The van der Waals surface area contributed by atoms with Gasteiger partial charge in [0.15, 0.2) is 0 Å². The summed E-state index contributed by atoms with van der Waals surface area (Å²) >= 11 is 6.00. The number of hydrogen-bond acceptors (Lipinski definition) is 7. The van der Waals surface area contributed by atoms with Crippen LogP contribution in [0.2, 0.25) is 5.02 Å². The van der Waals surface area contributed by atoms with E-state index in [0.29, 0.717) is 25.4 Å². The van der Waals surface area contributed by atoms with Crippen LogP contribution in [0, 0.1) is 0 Å². The number of carbonyl (C=O) groups excluding carboxylic acids is 1. The Morgan fingerprint density at radius 2 is 2.52 bits per heavy atom. The predicted molar refractivity (Wildman–Crippen MR) is 76.6 cm³/mol. The lowest BCUT2D eigenvalue weighted by atomic mass is 10.2. The van der Waals surface area contributed by atoms with Gasteiger partial charge in [0, 0.05) is 19.1 Å². The summed E-state index contributed by atoms with van der Waals surface area (Å²) in [6.45, 7) is 2.37. The first kappa shape index (κ1) is 15.7. The maximum Gasteiger partial charge on any atom is 0.327 e. The van der Waals surface area contributed by atoms with Crippen LogP contribution in [0.4, 0.5) is 5.69 Å². The van der Waals surface area contributed by atoms with Gasteiger partial charge in [0.25, 0.3) is 5.56 Å². The Hall–Kier alpha value is -1.64. The molecule has 1 unspecified atom stereocenters. The maximum atomic E-state index is 12.0. The average Bonchev–Trinajstić information content (AvgIpc) is 2.52. The molecule has 2 N–H and O–H groups in total. The topological polar surface area (TPSA) is 94.5 Å². The highest BCUT2D eigenvalue weighted by molar-refractivity contribution is 6.32. The van der Waals surface area contributed by atoms with Gasteiger partial charge in [-0.25, -0.2) is 4.68 Å². The molecule has 1 atom stereocenters. The molecule has 1 aromatic rings. The third-order valence-electron chi connectivity index (χ3n) is 3.03. The fourth-order valence-corrected chi connectivity index (χ4v) is 2.08. The summed E-state index contributed by atoms with van der Waals surface area (Å²) in [7, 11) is 1.24. The summed E-state index contributed by atoms with van der Waals surface area (Å²) in [6.07, 6.45) is 1.41. The minimum atomic E-state index is -0.565. The monoisotopic (exact) mass is 316 g/mol. The lowest BCUT2D eigenvalue weighted by Crippen LogP contribution is -2.45. The number of ether oxygens (including phenoxy) is 2. The number of halogens is 1. The summed E-state index contributed by atoms with van der Waals surface area (Å²) in [4.78, 5) is 23.1. The molecule has 1 aliphatic heterocycles. The number of esters is 1. The van der Waals surface area contributed by atoms with Gasteiger partial charge in [0.05, 0.1) is 32.2 Å². The first-order chi connectivity index (χ1) is 10.1. The molecule has 0 spiro atoms. The van der Waals surface area contributed by atoms with Crippen molar-refractivity contribution in [3.8, 4) is 0 Å². The van der Waals surface area contributed by atoms with Crippen molar-refractivity contribution in [3.05, 3.63) is 21.6 Å². The standard InChI is InChI=1S/C12H17ClN4O4/c1-20-10(18)6-17-12(19)11(13)9(5-16-17)15-4-8-7-21-3-2-14-8/h5,8,14-15H,2-4,6-7H2,1H3. The van der Waals surface area contributed by atoms with Gasteiger partial charge in [-0.2, -0.15) is 5.10 Å². The zero-order valence-electron chi connectivity index (χ0n) is 11.6. The second-order valence-electron chi connectivity index (χ2n) is 4.52. The van der Waals surface area contributed by atoms with Crippen molar-refractivity contribution >= 4 is 23.3 Å². The Morgan fingerprint density at radius 1 is 1.71 bits per heavy atom. The van der Waals surface area contributed by atoms with Gasteiger partial charge in [0.2, 0.25) is 0 Å². The van der Waals surface area contributed by atoms with Crippen LogP contribution in [0.15, 0.2) is 11.0 Å². The number of carbonyl (C=O) groups is 1. The van der Waals surface area contributed by atoms with Crippen LogP contribution in [0.1, 0.15) is 0 Å². The smallest absolute Gasteiger partial charge is 0.327 e. The lowest BCUT2D eigenvalue weighted by Gasteiger charge is -2.24. The number of morpholine rings is 1. The molecule has 2 heterocycles. The molecule has 0 saturated carbocycles. The predicted octanol–water partition coefficient (Wildman–Crippen LogP) is -0.530. The molecule has 116 valence electrons. The first-order valence-electron chi connectivity index (χ1n) is 6.49. The fourth-order valence-electron chi connectivity index (χ4n) is 1.87. The normalized spacial score (nSPS) is 18.3. The molecule has 0 radical (unpaired) electrons. The van der Waals surface area contributed by atoms with Crippen molar-refractivity contribution in [1.29, 1.82) is 0 Å². The minimum absolute atomic E-state index is 0.00868. The highest BCUT2D eigenvalue weighted by atomic mass is 35.5. The lowest BCUT2D eigenvalue weighted by molar-refractivity contribution is -0.141. The third kappa shape index (κ3) is 4.16. The van der Waals surface area contributed by atoms with Crippen molar-refractivity contribution in [3.63, 3.8) is 0 Å². The maximum absolute atomic E-state index is 12.0. The fraction of sp³-hybridized carbons (Fsp3) is 0.583. The largest absolute Gasteiger partial charge is 0.468 e. The van der Waals surface area contributed by atoms with Gasteiger partial charge in [-0.3, -0.25) is 9.59 Å². The van der Waals surface area contributed by atoms with E-state index in [1.54, 1.807) is 0 Å². The zero-order valence-corrected chi connectivity index (χ0v) is 12.4. The number of nitrogens with one attached hydrogen (secondary N) is 2. The SMILES string of the molecule is COC(=O)Cn1ncc(NCC2COCCN2)c(Cl)c1=O. The van der Waals surface area contributed by atoms with Crippen molar-refractivity contribution < 1.29 is 14.3 Å². The van der Waals surface area contributed by atoms with Crippen LogP contribution < -0.4 is 16.2 Å². The zero-order chi connectivity index (χ0) is 15.2. The number of rotatable bonds is 5. The summed E-state index contributed by atoms with van der Waals surface area (Å²) < 4.78 is 10.8. The second-order valence-corrected chi connectivity index (χ2v) is 4.90. The summed E-state index contributed by atoms with van der Waals surface area (Å²) in [6, 6.07) is 0.146. The Kier molecular flexibility index (Phi) is 5.54. The number of aromatic nitrogens is 2. The van der Waals surface area contributed by atoms with Gasteiger partial charge in [-0.1, -0.05) is 11.6 Å². The summed E-state index contributed by atoms with van der Waals surface area (Å²) in [5.41, 5.74) is -0.116. The molecule has 9 heteroatoms. The van der Waals surface area contributed by atoms with E-state index >= 15 is 0 Å². The quantitative estimate of drug-likeness (QED) is 0.705. The third-order valence-corrected chi connectivity index (χ3v) is 3.39. The Bertz CT molecular complexity index is 557. The van der Waals surface area contributed by atoms with Crippen molar-refractivity contribution in [2.75, 3.05) is 38.7 Å². The molecule has 1 fully saturated rings. The van der Waals surface area contributed by atoms with Gasteiger partial charge in [-0.05, 0) is 0 Å². The van der Waals surface area contributed by atoms with Gasteiger partial charge in [-0.15, -0.1) is 0 Å². The molecular weight excluding hydrogens is 300 g/mol. The van der Waals surface area contributed by atoms with E-state index in [2.05, 4.69) is 20.5 Å². The highest BCUT2D eigenvalue weighted by Gasteiger charge is 2.15. The number of nitrogens with zero attached hydrogens (tertiary/aromatic N) is 2. The van der Waals surface area contributed by atoms with Crippen LogP contribution in [0.3, 0.4) is 0 Å². The summed E-state index contributed by atoms with van der Waals surface area (Å²) in [5.74, 6) is -0.565. The molecule has 8 nitrogen and oxygen atoms in total. The molecule has 1 aliphatic rings. The molecule has 0 bridgehead atoms. The van der Waals surface area contributed by atoms with E-state index in [1.165, 1.54) is 13.3 Å². The number of hydrogen-bond donors (Lipinski definition) is 2.